The lowest BCUT2D eigenvalue weighted by Gasteiger charge is -2.13. The molecule has 0 aliphatic rings. The van der Waals surface area contributed by atoms with Crippen LogP contribution >= 0.6 is 0 Å². The van der Waals surface area contributed by atoms with Crippen molar-refractivity contribution in [2.24, 2.45) is 0 Å². The minimum absolute atomic E-state index is 0.236. The Bertz CT molecular complexity index is 945. The second kappa shape index (κ2) is 6.74. The zero-order chi connectivity index (χ0) is 18.1. The van der Waals surface area contributed by atoms with E-state index in [1.54, 1.807) is 32.2 Å². The van der Waals surface area contributed by atoms with E-state index in [2.05, 4.69) is 4.98 Å². The average Bonchev–Trinajstić information content (AvgIpc) is 2.55. The third-order valence-electron chi connectivity index (χ3n) is 4.26. The molecule has 0 atom stereocenters. The molecule has 0 aliphatic heterocycles. The van der Waals surface area contributed by atoms with Crippen LogP contribution in [0.5, 0.6) is 0 Å². The molecule has 0 saturated heterocycles. The minimum Gasteiger partial charge on any atom is -0.423 e. The lowest BCUT2D eigenvalue weighted by Crippen LogP contribution is -2.32. The van der Waals surface area contributed by atoms with Gasteiger partial charge in [0.15, 0.2) is 0 Å². The van der Waals surface area contributed by atoms with E-state index in [4.69, 9.17) is 0 Å². The SMILES string of the molecule is Cc1cc(F)ccc1-c1cncc(-c2c(F)ccc(B(O)O)c2C)c1. The third kappa shape index (κ3) is 3.31. The van der Waals surface area contributed by atoms with Crippen molar-refractivity contribution in [1.82, 2.24) is 4.98 Å². The van der Waals surface area contributed by atoms with Gasteiger partial charge in [0.2, 0.25) is 0 Å². The lowest BCUT2D eigenvalue weighted by atomic mass is 9.75. The summed E-state index contributed by atoms with van der Waals surface area (Å²) in [5.41, 5.74) is 3.72. The zero-order valence-corrected chi connectivity index (χ0v) is 13.8. The third-order valence-corrected chi connectivity index (χ3v) is 4.26. The molecule has 0 amide bonds. The molecule has 0 unspecified atom stereocenters. The number of halogens is 2. The molecule has 0 spiro atoms. The summed E-state index contributed by atoms with van der Waals surface area (Å²) in [6.45, 7) is 3.42. The zero-order valence-electron chi connectivity index (χ0n) is 13.8. The van der Waals surface area contributed by atoms with Gasteiger partial charge in [-0.15, -0.1) is 0 Å². The normalized spacial score (nSPS) is 10.8. The monoisotopic (exact) mass is 339 g/mol. The Kier molecular flexibility index (Phi) is 4.66. The second-order valence-corrected chi connectivity index (χ2v) is 5.93. The van der Waals surface area contributed by atoms with Gasteiger partial charge in [-0.25, -0.2) is 8.78 Å². The van der Waals surface area contributed by atoms with E-state index < -0.39 is 12.9 Å². The number of hydrogen-bond donors (Lipinski definition) is 2. The van der Waals surface area contributed by atoms with Crippen LogP contribution in [0.3, 0.4) is 0 Å². The number of benzene rings is 2. The van der Waals surface area contributed by atoms with Crippen LogP contribution in [0.15, 0.2) is 48.8 Å². The lowest BCUT2D eigenvalue weighted by molar-refractivity contribution is 0.425. The first-order valence-corrected chi connectivity index (χ1v) is 7.75. The second-order valence-electron chi connectivity index (χ2n) is 5.93. The molecule has 1 heterocycles. The van der Waals surface area contributed by atoms with Gasteiger partial charge in [-0.05, 0) is 60.3 Å². The molecule has 0 radical (unpaired) electrons. The summed E-state index contributed by atoms with van der Waals surface area (Å²) in [6.07, 6.45) is 3.14. The molecule has 0 aliphatic carbocycles. The van der Waals surface area contributed by atoms with Crippen molar-refractivity contribution in [3.63, 3.8) is 0 Å². The Hall–Kier alpha value is -2.57. The molecule has 6 heteroatoms. The first-order valence-electron chi connectivity index (χ1n) is 7.75. The van der Waals surface area contributed by atoms with E-state index in [0.717, 1.165) is 16.7 Å². The summed E-state index contributed by atoms with van der Waals surface area (Å²) in [6, 6.07) is 8.75. The quantitative estimate of drug-likeness (QED) is 0.722. The molecule has 25 heavy (non-hydrogen) atoms. The van der Waals surface area contributed by atoms with Crippen molar-refractivity contribution >= 4 is 12.6 Å². The fraction of sp³-hybridized carbons (Fsp3) is 0.105. The highest BCUT2D eigenvalue weighted by Gasteiger charge is 2.20. The van der Waals surface area contributed by atoms with Crippen LogP contribution < -0.4 is 5.46 Å². The van der Waals surface area contributed by atoms with Gasteiger partial charge in [-0.1, -0.05) is 12.1 Å². The fourth-order valence-corrected chi connectivity index (χ4v) is 3.00. The predicted octanol–water partition coefficient (Wildman–Crippen LogP) is 2.99. The first-order chi connectivity index (χ1) is 11.9. The van der Waals surface area contributed by atoms with Crippen LogP contribution in [0.1, 0.15) is 11.1 Å². The Labute approximate surface area is 144 Å². The van der Waals surface area contributed by atoms with Gasteiger partial charge in [-0.2, -0.15) is 0 Å². The van der Waals surface area contributed by atoms with Crippen LogP contribution in [-0.2, 0) is 0 Å². The van der Waals surface area contributed by atoms with Gasteiger partial charge >= 0.3 is 7.12 Å². The van der Waals surface area contributed by atoms with Gasteiger partial charge in [0.25, 0.3) is 0 Å². The summed E-state index contributed by atoms with van der Waals surface area (Å²) in [4.78, 5) is 4.17. The van der Waals surface area contributed by atoms with Crippen molar-refractivity contribution in [1.29, 1.82) is 0 Å². The maximum Gasteiger partial charge on any atom is 0.488 e. The largest absolute Gasteiger partial charge is 0.488 e. The smallest absolute Gasteiger partial charge is 0.423 e. The molecule has 2 N–H and O–H groups in total. The summed E-state index contributed by atoms with van der Waals surface area (Å²) in [5, 5.41) is 18.9. The first kappa shape index (κ1) is 17.3. The van der Waals surface area contributed by atoms with Gasteiger partial charge < -0.3 is 10.0 Å². The van der Waals surface area contributed by atoms with Crippen molar-refractivity contribution in [3.8, 4) is 22.3 Å². The summed E-state index contributed by atoms with van der Waals surface area (Å²) >= 11 is 0. The summed E-state index contributed by atoms with van der Waals surface area (Å²) in [7, 11) is -1.69. The summed E-state index contributed by atoms with van der Waals surface area (Å²) < 4.78 is 27.7. The van der Waals surface area contributed by atoms with Crippen LogP contribution in [-0.4, -0.2) is 22.2 Å². The molecule has 0 fully saturated rings. The molecule has 0 saturated carbocycles. The van der Waals surface area contributed by atoms with Gasteiger partial charge in [0.1, 0.15) is 11.6 Å². The molecule has 2 aromatic carbocycles. The van der Waals surface area contributed by atoms with E-state index in [0.29, 0.717) is 11.1 Å². The van der Waals surface area contributed by atoms with Crippen LogP contribution in [0, 0.1) is 25.5 Å². The highest BCUT2D eigenvalue weighted by atomic mass is 19.1. The molecule has 1 aromatic heterocycles. The molecular weight excluding hydrogens is 323 g/mol. The number of aromatic nitrogens is 1. The van der Waals surface area contributed by atoms with E-state index >= 15 is 0 Å². The van der Waals surface area contributed by atoms with Crippen LogP contribution in [0.4, 0.5) is 8.78 Å². The van der Waals surface area contributed by atoms with E-state index in [-0.39, 0.29) is 16.8 Å². The Morgan fingerprint density at radius 1 is 0.920 bits per heavy atom. The van der Waals surface area contributed by atoms with Crippen LogP contribution in [0.25, 0.3) is 22.3 Å². The standard InChI is InChI=1S/C19H16BF2NO2/c1-11-7-15(21)3-4-16(11)13-8-14(10-23-9-13)19-12(2)17(20(24)25)5-6-18(19)22/h3-10,24-25H,1-2H3. The molecule has 126 valence electrons. The van der Waals surface area contributed by atoms with Gasteiger partial charge in [0.05, 0.1) is 0 Å². The van der Waals surface area contributed by atoms with Gasteiger partial charge in [-0.3, -0.25) is 4.98 Å². The van der Waals surface area contributed by atoms with Crippen LogP contribution in [0.2, 0.25) is 0 Å². The number of aryl methyl sites for hydroxylation is 1. The van der Waals surface area contributed by atoms with Gasteiger partial charge in [0, 0.05) is 29.1 Å². The predicted molar refractivity (Wildman–Crippen MR) is 94.3 cm³/mol. The summed E-state index contributed by atoms with van der Waals surface area (Å²) in [5.74, 6) is -0.798. The molecule has 0 bridgehead atoms. The molecule has 3 rings (SSSR count). The maximum absolute atomic E-state index is 14.4. The maximum atomic E-state index is 14.4. The van der Waals surface area contributed by atoms with Crippen molar-refractivity contribution in [2.45, 2.75) is 13.8 Å². The number of pyridine rings is 1. The van der Waals surface area contributed by atoms with Crippen molar-refractivity contribution in [3.05, 3.63) is 71.6 Å². The Morgan fingerprint density at radius 2 is 1.64 bits per heavy atom. The Balaban J connectivity index is 2.16. The van der Waals surface area contributed by atoms with E-state index in [1.807, 2.05) is 0 Å². The van der Waals surface area contributed by atoms with Crippen molar-refractivity contribution in [2.75, 3.05) is 0 Å². The molecule has 3 aromatic rings. The average molecular weight is 339 g/mol. The van der Waals surface area contributed by atoms with E-state index in [9.17, 15) is 18.8 Å². The van der Waals surface area contributed by atoms with E-state index in [1.165, 1.54) is 30.5 Å². The number of rotatable bonds is 3. The minimum atomic E-state index is -1.69. The molecular formula is C19H16BF2NO2. The fourth-order valence-electron chi connectivity index (χ4n) is 3.00. The molecule has 3 nitrogen and oxygen atoms in total. The highest BCUT2D eigenvalue weighted by molar-refractivity contribution is 6.59. The van der Waals surface area contributed by atoms with Crippen molar-refractivity contribution < 1.29 is 18.8 Å². The number of nitrogens with zero attached hydrogens (tertiary/aromatic N) is 1. The highest BCUT2D eigenvalue weighted by Crippen LogP contribution is 2.30. The topological polar surface area (TPSA) is 53.4 Å². The Morgan fingerprint density at radius 3 is 2.32 bits per heavy atom. The number of hydrogen-bond acceptors (Lipinski definition) is 3.